The molecule has 0 bridgehead atoms. The molecule has 2 fully saturated rings. The van der Waals surface area contributed by atoms with E-state index in [0.717, 1.165) is 57.3 Å². The summed E-state index contributed by atoms with van der Waals surface area (Å²) >= 11 is 0. The van der Waals surface area contributed by atoms with Crippen LogP contribution in [0, 0.1) is 5.92 Å². The summed E-state index contributed by atoms with van der Waals surface area (Å²) in [4.78, 5) is 22.5. The summed E-state index contributed by atoms with van der Waals surface area (Å²) < 4.78 is 0. The summed E-state index contributed by atoms with van der Waals surface area (Å²) in [5.41, 5.74) is 8.36. The number of nitrogens with two attached hydrogens (primary N) is 1. The molecule has 24 heavy (non-hydrogen) atoms. The molecule has 2 unspecified atom stereocenters. The predicted octanol–water partition coefficient (Wildman–Crippen LogP) is 2.79. The summed E-state index contributed by atoms with van der Waals surface area (Å²) in [6, 6.07) is 4.34. The van der Waals surface area contributed by atoms with Gasteiger partial charge in [-0.1, -0.05) is 6.42 Å². The third-order valence-electron chi connectivity index (χ3n) is 5.79. The Hall–Kier alpha value is -1.88. The van der Waals surface area contributed by atoms with Gasteiger partial charge < -0.3 is 15.6 Å². The van der Waals surface area contributed by atoms with Crippen LogP contribution in [-0.4, -0.2) is 39.9 Å². The summed E-state index contributed by atoms with van der Waals surface area (Å²) in [5.74, 6) is 1.01. The van der Waals surface area contributed by atoms with Crippen LogP contribution in [0.2, 0.25) is 0 Å². The second-order valence-electron chi connectivity index (χ2n) is 7.37. The maximum atomic E-state index is 12.8. The number of carbonyl (C=O) groups is 1. The van der Waals surface area contributed by atoms with Crippen LogP contribution in [-0.2, 0) is 4.79 Å². The number of piperidine rings is 1. The highest BCUT2D eigenvalue weighted by Gasteiger charge is 2.31. The molecule has 4 rings (SSSR count). The van der Waals surface area contributed by atoms with E-state index in [1.807, 2.05) is 12.3 Å². The van der Waals surface area contributed by atoms with Gasteiger partial charge in [-0.3, -0.25) is 4.79 Å². The Kier molecular flexibility index (Phi) is 4.27. The van der Waals surface area contributed by atoms with E-state index in [0.29, 0.717) is 11.8 Å². The smallest absolute Gasteiger partial charge is 0.225 e. The van der Waals surface area contributed by atoms with Gasteiger partial charge >= 0.3 is 0 Å². The van der Waals surface area contributed by atoms with Crippen LogP contribution in [0.4, 0.5) is 0 Å². The molecular weight excluding hydrogens is 300 g/mol. The number of aromatic amines is 1. The van der Waals surface area contributed by atoms with Gasteiger partial charge in [-0.25, -0.2) is 4.98 Å². The van der Waals surface area contributed by atoms with Crippen LogP contribution >= 0.6 is 0 Å². The van der Waals surface area contributed by atoms with Gasteiger partial charge in [-0.2, -0.15) is 0 Å². The van der Waals surface area contributed by atoms with E-state index < -0.39 is 0 Å². The normalized spacial score (nSPS) is 26.0. The van der Waals surface area contributed by atoms with E-state index in [9.17, 15) is 4.79 Å². The first-order valence-corrected chi connectivity index (χ1v) is 9.18. The molecule has 1 amide bonds. The minimum absolute atomic E-state index is 0.155. The zero-order chi connectivity index (χ0) is 16.5. The maximum absolute atomic E-state index is 12.8. The summed E-state index contributed by atoms with van der Waals surface area (Å²) in [6.07, 6.45) is 10.0. The van der Waals surface area contributed by atoms with Crippen LogP contribution in [0.15, 0.2) is 24.5 Å². The Morgan fingerprint density at radius 3 is 2.88 bits per heavy atom. The van der Waals surface area contributed by atoms with Crippen molar-refractivity contribution in [1.82, 2.24) is 14.9 Å². The fourth-order valence-corrected chi connectivity index (χ4v) is 4.44. The van der Waals surface area contributed by atoms with Gasteiger partial charge in [0.15, 0.2) is 0 Å². The van der Waals surface area contributed by atoms with E-state index in [2.05, 4.69) is 27.1 Å². The molecule has 1 saturated heterocycles. The summed E-state index contributed by atoms with van der Waals surface area (Å²) in [7, 11) is 0. The molecule has 1 aliphatic carbocycles. The van der Waals surface area contributed by atoms with Gasteiger partial charge in [0, 0.05) is 42.8 Å². The predicted molar refractivity (Wildman–Crippen MR) is 94.6 cm³/mol. The molecule has 1 aliphatic heterocycles. The molecule has 3 N–H and O–H groups in total. The number of amides is 1. The molecule has 5 nitrogen and oxygen atoms in total. The number of nitrogens with one attached hydrogen (secondary N) is 1. The van der Waals surface area contributed by atoms with Gasteiger partial charge in [-0.15, -0.1) is 0 Å². The fraction of sp³-hybridized carbons (Fsp3) is 0.579. The number of fused-ring (bicyclic) bond motifs is 1. The van der Waals surface area contributed by atoms with Crippen molar-refractivity contribution in [3.05, 3.63) is 30.1 Å². The highest BCUT2D eigenvalue weighted by Crippen LogP contribution is 2.34. The monoisotopic (exact) mass is 326 g/mol. The second kappa shape index (κ2) is 6.55. The number of nitrogens with zero attached hydrogens (tertiary/aromatic N) is 2. The Morgan fingerprint density at radius 2 is 2.08 bits per heavy atom. The fourth-order valence-electron chi connectivity index (χ4n) is 4.44. The third-order valence-corrected chi connectivity index (χ3v) is 5.79. The molecule has 128 valence electrons. The van der Waals surface area contributed by atoms with Crippen molar-refractivity contribution in [2.75, 3.05) is 13.1 Å². The Bertz CT molecular complexity index is 717. The van der Waals surface area contributed by atoms with Crippen LogP contribution in [0.5, 0.6) is 0 Å². The van der Waals surface area contributed by atoms with E-state index in [4.69, 9.17) is 5.73 Å². The third kappa shape index (κ3) is 2.93. The largest absolute Gasteiger partial charge is 0.346 e. The lowest BCUT2D eigenvalue weighted by Gasteiger charge is -2.36. The molecule has 2 aromatic rings. The van der Waals surface area contributed by atoms with Crippen molar-refractivity contribution in [2.24, 2.45) is 11.7 Å². The minimum atomic E-state index is 0.155. The van der Waals surface area contributed by atoms with Gasteiger partial charge in [0.2, 0.25) is 5.91 Å². The number of aromatic nitrogens is 2. The minimum Gasteiger partial charge on any atom is -0.346 e. The quantitative estimate of drug-likeness (QED) is 0.891. The molecular formula is C19H26N4O. The Morgan fingerprint density at radius 1 is 1.25 bits per heavy atom. The number of hydrogen-bond acceptors (Lipinski definition) is 3. The molecule has 0 aromatic carbocycles. The average molecular weight is 326 g/mol. The zero-order valence-electron chi connectivity index (χ0n) is 14.1. The lowest BCUT2D eigenvalue weighted by Crippen LogP contribution is -2.44. The lowest BCUT2D eigenvalue weighted by molar-refractivity contribution is -0.137. The number of likely N-dealkylation sites (tertiary alicyclic amines) is 1. The zero-order valence-corrected chi connectivity index (χ0v) is 14.1. The SMILES string of the molecule is NC1CCCC(C(=O)N2CCC(c3c[nH]c4ncccc34)CC2)C1. The van der Waals surface area contributed by atoms with E-state index in [1.165, 1.54) is 10.9 Å². The number of rotatable bonds is 2. The molecule has 3 heterocycles. The maximum Gasteiger partial charge on any atom is 0.225 e. The Labute approximate surface area is 142 Å². The lowest BCUT2D eigenvalue weighted by atomic mass is 9.84. The summed E-state index contributed by atoms with van der Waals surface area (Å²) in [6.45, 7) is 1.73. The van der Waals surface area contributed by atoms with Crippen molar-refractivity contribution in [1.29, 1.82) is 0 Å². The van der Waals surface area contributed by atoms with Crippen molar-refractivity contribution >= 4 is 16.9 Å². The average Bonchev–Trinajstić information content (AvgIpc) is 3.05. The van der Waals surface area contributed by atoms with Gasteiger partial charge in [0.25, 0.3) is 0 Å². The van der Waals surface area contributed by atoms with Crippen LogP contribution in [0.1, 0.15) is 50.0 Å². The second-order valence-corrected chi connectivity index (χ2v) is 7.37. The van der Waals surface area contributed by atoms with Crippen LogP contribution in [0.3, 0.4) is 0 Å². The first kappa shape index (κ1) is 15.6. The highest BCUT2D eigenvalue weighted by molar-refractivity contribution is 5.81. The number of H-pyrrole nitrogens is 1. The topological polar surface area (TPSA) is 75.0 Å². The molecule has 1 saturated carbocycles. The van der Waals surface area contributed by atoms with E-state index >= 15 is 0 Å². The first-order valence-electron chi connectivity index (χ1n) is 9.18. The van der Waals surface area contributed by atoms with E-state index in [-0.39, 0.29) is 12.0 Å². The van der Waals surface area contributed by atoms with Gasteiger partial charge in [-0.05, 0) is 55.7 Å². The standard InChI is InChI=1S/C19H26N4O/c20-15-4-1-3-14(11-15)19(24)23-9-6-13(7-10-23)17-12-22-18-16(17)5-2-8-21-18/h2,5,8,12-15H,1,3-4,6-7,9-11,20H2,(H,21,22). The molecule has 0 spiro atoms. The molecule has 2 aliphatic rings. The van der Waals surface area contributed by atoms with Gasteiger partial charge in [0.1, 0.15) is 5.65 Å². The molecule has 2 aromatic heterocycles. The van der Waals surface area contributed by atoms with E-state index in [1.54, 1.807) is 0 Å². The van der Waals surface area contributed by atoms with Crippen molar-refractivity contribution < 1.29 is 4.79 Å². The van der Waals surface area contributed by atoms with Crippen molar-refractivity contribution in [2.45, 2.75) is 50.5 Å². The number of carbonyl (C=O) groups excluding carboxylic acids is 1. The Balaban J connectivity index is 1.40. The van der Waals surface area contributed by atoms with Gasteiger partial charge in [0.05, 0.1) is 0 Å². The first-order chi connectivity index (χ1) is 11.7. The molecule has 2 atom stereocenters. The molecule has 5 heteroatoms. The van der Waals surface area contributed by atoms with Crippen molar-refractivity contribution in [3.63, 3.8) is 0 Å². The van der Waals surface area contributed by atoms with Crippen LogP contribution < -0.4 is 5.73 Å². The van der Waals surface area contributed by atoms with Crippen LogP contribution in [0.25, 0.3) is 11.0 Å². The number of hydrogen-bond donors (Lipinski definition) is 2. The number of pyridine rings is 1. The van der Waals surface area contributed by atoms with Crippen molar-refractivity contribution in [3.8, 4) is 0 Å². The summed E-state index contributed by atoms with van der Waals surface area (Å²) in [5, 5.41) is 1.22. The highest BCUT2D eigenvalue weighted by atomic mass is 16.2. The molecule has 0 radical (unpaired) electrons.